The van der Waals surface area contributed by atoms with E-state index in [-0.39, 0.29) is 5.91 Å². The van der Waals surface area contributed by atoms with E-state index in [2.05, 4.69) is 17.2 Å². The van der Waals surface area contributed by atoms with Crippen molar-refractivity contribution in [1.82, 2.24) is 4.98 Å². The first-order chi connectivity index (χ1) is 13.1. The number of carbonyl (C=O) groups excluding carboxylic acids is 1. The first-order valence-corrected chi connectivity index (χ1v) is 10.7. The molecule has 140 valence electrons. The van der Waals surface area contributed by atoms with Crippen LogP contribution in [0.4, 0.5) is 5.13 Å². The average Bonchev–Trinajstić information content (AvgIpc) is 3.03. The van der Waals surface area contributed by atoms with E-state index in [4.69, 9.17) is 4.74 Å². The fourth-order valence-corrected chi connectivity index (χ4v) is 4.21. The number of ether oxygens (including phenoxy) is 1. The van der Waals surface area contributed by atoms with Crippen molar-refractivity contribution in [1.29, 1.82) is 0 Å². The standard InChI is InChI=1S/C21H22N2O2S2/c1-4-25-17-11-9-15(10-12-17)19-14(3)27-21(22-19)23-20(24)16-7-6-8-18(13-16)26-5-2/h6-13H,4-5H2,1-3H3,(H,22,23,24). The number of thioether (sulfide) groups is 1. The SMILES string of the molecule is CCOc1ccc(-c2nc(NC(=O)c3cccc(SCC)c3)sc2C)cc1. The maximum Gasteiger partial charge on any atom is 0.257 e. The van der Waals surface area contributed by atoms with Gasteiger partial charge >= 0.3 is 0 Å². The second kappa shape index (κ2) is 9.06. The number of nitrogens with zero attached hydrogens (tertiary/aromatic N) is 1. The first kappa shape index (κ1) is 19.5. The quantitative estimate of drug-likeness (QED) is 0.505. The predicted octanol–water partition coefficient (Wildman–Crippen LogP) is 5.88. The molecule has 0 bridgehead atoms. The molecule has 0 aliphatic rings. The normalized spacial score (nSPS) is 10.6. The lowest BCUT2D eigenvalue weighted by Gasteiger charge is -2.04. The van der Waals surface area contributed by atoms with Gasteiger partial charge in [0, 0.05) is 20.9 Å². The van der Waals surface area contributed by atoms with Gasteiger partial charge in [-0.05, 0) is 62.1 Å². The van der Waals surface area contributed by atoms with Crippen LogP contribution in [0.2, 0.25) is 0 Å². The van der Waals surface area contributed by atoms with Gasteiger partial charge in [0.2, 0.25) is 0 Å². The second-order valence-corrected chi connectivity index (χ2v) is 8.34. The van der Waals surface area contributed by atoms with E-state index in [0.29, 0.717) is 17.3 Å². The summed E-state index contributed by atoms with van der Waals surface area (Å²) in [6.45, 7) is 6.71. The molecule has 1 amide bonds. The number of benzene rings is 2. The Bertz CT molecular complexity index is 920. The minimum Gasteiger partial charge on any atom is -0.494 e. The lowest BCUT2D eigenvalue weighted by Crippen LogP contribution is -2.11. The van der Waals surface area contributed by atoms with E-state index in [0.717, 1.165) is 32.5 Å². The number of anilines is 1. The second-order valence-electron chi connectivity index (χ2n) is 5.80. The number of amides is 1. The van der Waals surface area contributed by atoms with Crippen LogP contribution in [0.1, 0.15) is 29.1 Å². The molecule has 3 aromatic rings. The molecule has 0 atom stereocenters. The molecule has 1 heterocycles. The van der Waals surface area contributed by atoms with Crippen LogP contribution in [-0.4, -0.2) is 23.3 Å². The lowest BCUT2D eigenvalue weighted by molar-refractivity contribution is 0.102. The summed E-state index contributed by atoms with van der Waals surface area (Å²) in [5, 5.41) is 3.53. The molecule has 0 aliphatic heterocycles. The maximum atomic E-state index is 12.6. The molecule has 2 aromatic carbocycles. The molecule has 0 aliphatic carbocycles. The number of nitrogens with one attached hydrogen (secondary N) is 1. The number of aromatic nitrogens is 1. The van der Waals surface area contributed by atoms with Gasteiger partial charge in [0.1, 0.15) is 5.75 Å². The highest BCUT2D eigenvalue weighted by Gasteiger charge is 2.13. The number of thiazole rings is 1. The third-order valence-electron chi connectivity index (χ3n) is 3.86. The smallest absolute Gasteiger partial charge is 0.257 e. The van der Waals surface area contributed by atoms with Gasteiger partial charge in [-0.25, -0.2) is 4.98 Å². The van der Waals surface area contributed by atoms with E-state index in [1.54, 1.807) is 11.8 Å². The zero-order valence-corrected chi connectivity index (χ0v) is 17.2. The van der Waals surface area contributed by atoms with Gasteiger partial charge in [0.05, 0.1) is 12.3 Å². The molecule has 1 aromatic heterocycles. The largest absolute Gasteiger partial charge is 0.494 e. The van der Waals surface area contributed by atoms with Crippen LogP contribution in [0.3, 0.4) is 0 Å². The Labute approximate surface area is 168 Å². The number of rotatable bonds is 7. The Morgan fingerprint density at radius 2 is 1.96 bits per heavy atom. The fraction of sp³-hybridized carbons (Fsp3) is 0.238. The lowest BCUT2D eigenvalue weighted by atomic mass is 10.1. The molecule has 27 heavy (non-hydrogen) atoms. The minimum atomic E-state index is -0.138. The Hall–Kier alpha value is -2.31. The van der Waals surface area contributed by atoms with E-state index >= 15 is 0 Å². The van der Waals surface area contributed by atoms with E-state index in [1.807, 2.05) is 62.4 Å². The molecule has 0 fully saturated rings. The Balaban J connectivity index is 1.76. The zero-order valence-electron chi connectivity index (χ0n) is 15.6. The Morgan fingerprint density at radius 3 is 2.67 bits per heavy atom. The van der Waals surface area contributed by atoms with E-state index in [1.165, 1.54) is 11.3 Å². The Morgan fingerprint density at radius 1 is 1.19 bits per heavy atom. The molecular weight excluding hydrogens is 376 g/mol. The monoisotopic (exact) mass is 398 g/mol. The van der Waals surface area contributed by atoms with Gasteiger partial charge in [0.25, 0.3) is 5.91 Å². The number of aryl methyl sites for hydroxylation is 1. The molecule has 6 heteroatoms. The van der Waals surface area contributed by atoms with Crippen molar-refractivity contribution in [2.24, 2.45) is 0 Å². The number of hydrogen-bond donors (Lipinski definition) is 1. The van der Waals surface area contributed by atoms with Crippen LogP contribution < -0.4 is 10.1 Å². The topological polar surface area (TPSA) is 51.2 Å². The van der Waals surface area contributed by atoms with Crippen molar-refractivity contribution >= 4 is 34.1 Å². The molecule has 0 saturated heterocycles. The molecule has 0 radical (unpaired) electrons. The zero-order chi connectivity index (χ0) is 19.2. The van der Waals surface area contributed by atoms with Crippen molar-refractivity contribution < 1.29 is 9.53 Å². The number of carbonyl (C=O) groups is 1. The summed E-state index contributed by atoms with van der Waals surface area (Å²) in [5.41, 5.74) is 2.53. The highest BCUT2D eigenvalue weighted by Crippen LogP contribution is 2.31. The van der Waals surface area contributed by atoms with Gasteiger partial charge in [-0.15, -0.1) is 23.1 Å². The van der Waals surface area contributed by atoms with Crippen molar-refractivity contribution in [2.45, 2.75) is 25.7 Å². The third-order valence-corrected chi connectivity index (χ3v) is 5.63. The molecule has 0 unspecified atom stereocenters. The predicted molar refractivity (Wildman–Crippen MR) is 114 cm³/mol. The molecule has 4 nitrogen and oxygen atoms in total. The van der Waals surface area contributed by atoms with Crippen LogP contribution in [0, 0.1) is 6.92 Å². The average molecular weight is 399 g/mol. The maximum absolute atomic E-state index is 12.6. The van der Waals surface area contributed by atoms with Crippen LogP contribution in [0.5, 0.6) is 5.75 Å². The highest BCUT2D eigenvalue weighted by molar-refractivity contribution is 7.99. The summed E-state index contributed by atoms with van der Waals surface area (Å²) < 4.78 is 5.48. The van der Waals surface area contributed by atoms with Gasteiger partial charge in [0.15, 0.2) is 5.13 Å². The van der Waals surface area contributed by atoms with Gasteiger partial charge in [-0.2, -0.15) is 0 Å². The summed E-state index contributed by atoms with van der Waals surface area (Å²) in [4.78, 5) is 19.3. The van der Waals surface area contributed by atoms with Gasteiger partial charge < -0.3 is 4.74 Å². The van der Waals surface area contributed by atoms with Crippen molar-refractivity contribution in [3.63, 3.8) is 0 Å². The van der Waals surface area contributed by atoms with Crippen molar-refractivity contribution in [3.05, 3.63) is 59.0 Å². The minimum absolute atomic E-state index is 0.138. The van der Waals surface area contributed by atoms with Gasteiger partial charge in [-0.1, -0.05) is 13.0 Å². The molecule has 0 saturated carbocycles. The summed E-state index contributed by atoms with van der Waals surface area (Å²) in [7, 11) is 0. The molecule has 0 spiro atoms. The summed E-state index contributed by atoms with van der Waals surface area (Å²) >= 11 is 3.20. The fourth-order valence-electron chi connectivity index (χ4n) is 2.66. The number of hydrogen-bond acceptors (Lipinski definition) is 5. The third kappa shape index (κ3) is 4.90. The molecular formula is C21H22N2O2S2. The van der Waals surface area contributed by atoms with Crippen LogP contribution in [0.25, 0.3) is 11.3 Å². The first-order valence-electron chi connectivity index (χ1n) is 8.85. The summed E-state index contributed by atoms with van der Waals surface area (Å²) in [5.74, 6) is 1.68. The van der Waals surface area contributed by atoms with Crippen molar-refractivity contribution in [3.8, 4) is 17.0 Å². The van der Waals surface area contributed by atoms with Crippen molar-refractivity contribution in [2.75, 3.05) is 17.7 Å². The van der Waals surface area contributed by atoms with Crippen LogP contribution in [-0.2, 0) is 0 Å². The summed E-state index contributed by atoms with van der Waals surface area (Å²) in [6, 6.07) is 15.5. The molecule has 3 rings (SSSR count). The Kier molecular flexibility index (Phi) is 6.53. The van der Waals surface area contributed by atoms with Gasteiger partial charge in [-0.3, -0.25) is 10.1 Å². The molecule has 1 N–H and O–H groups in total. The van der Waals surface area contributed by atoms with E-state index < -0.39 is 0 Å². The highest BCUT2D eigenvalue weighted by atomic mass is 32.2. The van der Waals surface area contributed by atoms with E-state index in [9.17, 15) is 4.79 Å². The van der Waals surface area contributed by atoms with Crippen LogP contribution in [0.15, 0.2) is 53.4 Å². The summed E-state index contributed by atoms with van der Waals surface area (Å²) in [6.07, 6.45) is 0. The van der Waals surface area contributed by atoms with Crippen LogP contribution >= 0.6 is 23.1 Å².